The predicted octanol–water partition coefficient (Wildman–Crippen LogP) is 3.17. The van der Waals surface area contributed by atoms with Crippen LogP contribution in [-0.2, 0) is 11.3 Å². The van der Waals surface area contributed by atoms with Crippen molar-refractivity contribution in [2.75, 3.05) is 0 Å². The standard InChI is InChI=1S/C15H12N2O4S/c1-9-4-5-10(7-11(9)18)15(19)20-8-13-16-14(17-21-13)12-3-2-6-22-12/h2-7,18H,8H2,1H3. The largest absolute Gasteiger partial charge is 0.508 e. The van der Waals surface area contributed by atoms with Gasteiger partial charge in [0.2, 0.25) is 5.82 Å². The van der Waals surface area contributed by atoms with Crippen LogP contribution < -0.4 is 0 Å². The Morgan fingerprint density at radius 3 is 3.00 bits per heavy atom. The lowest BCUT2D eigenvalue weighted by Crippen LogP contribution is -2.05. The highest BCUT2D eigenvalue weighted by Gasteiger charge is 2.13. The van der Waals surface area contributed by atoms with E-state index in [9.17, 15) is 9.90 Å². The summed E-state index contributed by atoms with van der Waals surface area (Å²) >= 11 is 1.49. The number of carbonyl (C=O) groups is 1. The number of aromatic nitrogens is 2. The molecule has 1 aromatic carbocycles. The van der Waals surface area contributed by atoms with E-state index in [0.29, 0.717) is 11.4 Å². The monoisotopic (exact) mass is 316 g/mol. The van der Waals surface area contributed by atoms with E-state index in [0.717, 1.165) is 4.88 Å². The minimum Gasteiger partial charge on any atom is -0.508 e. The third-order valence-electron chi connectivity index (χ3n) is 2.98. The minimum atomic E-state index is -0.564. The molecule has 0 amide bonds. The second-order valence-corrected chi connectivity index (χ2v) is 5.51. The summed E-state index contributed by atoms with van der Waals surface area (Å²) in [6.07, 6.45) is 0. The van der Waals surface area contributed by atoms with Gasteiger partial charge in [-0.05, 0) is 36.1 Å². The third kappa shape index (κ3) is 2.99. The zero-order valence-corrected chi connectivity index (χ0v) is 12.5. The van der Waals surface area contributed by atoms with E-state index >= 15 is 0 Å². The van der Waals surface area contributed by atoms with Gasteiger partial charge in [0.25, 0.3) is 5.89 Å². The second kappa shape index (κ2) is 5.98. The minimum absolute atomic E-state index is 0.0484. The maximum atomic E-state index is 11.9. The molecule has 3 aromatic rings. The highest BCUT2D eigenvalue weighted by molar-refractivity contribution is 7.13. The summed E-state index contributed by atoms with van der Waals surface area (Å²) < 4.78 is 10.1. The number of esters is 1. The van der Waals surface area contributed by atoms with Crippen molar-refractivity contribution in [2.24, 2.45) is 0 Å². The van der Waals surface area contributed by atoms with Crippen molar-refractivity contribution in [3.05, 3.63) is 52.7 Å². The molecule has 0 saturated carbocycles. The van der Waals surface area contributed by atoms with Crippen LogP contribution >= 0.6 is 11.3 Å². The number of hydrogen-bond donors (Lipinski definition) is 1. The Balaban J connectivity index is 1.65. The molecule has 0 fully saturated rings. The molecular weight excluding hydrogens is 304 g/mol. The molecule has 0 atom stereocenters. The molecule has 0 aliphatic rings. The topological polar surface area (TPSA) is 85.5 Å². The summed E-state index contributed by atoms with van der Waals surface area (Å²) in [5, 5.41) is 15.3. The lowest BCUT2D eigenvalue weighted by atomic mass is 10.1. The number of aryl methyl sites for hydroxylation is 1. The van der Waals surface area contributed by atoms with Crippen molar-refractivity contribution in [3.63, 3.8) is 0 Å². The normalized spacial score (nSPS) is 10.6. The van der Waals surface area contributed by atoms with Crippen molar-refractivity contribution in [1.29, 1.82) is 0 Å². The van der Waals surface area contributed by atoms with E-state index in [-0.39, 0.29) is 23.8 Å². The van der Waals surface area contributed by atoms with Crippen molar-refractivity contribution in [3.8, 4) is 16.5 Å². The molecule has 2 heterocycles. The second-order valence-electron chi connectivity index (χ2n) is 4.57. The molecule has 3 rings (SSSR count). The molecule has 0 radical (unpaired) electrons. The van der Waals surface area contributed by atoms with Crippen molar-refractivity contribution >= 4 is 17.3 Å². The maximum absolute atomic E-state index is 11.9. The number of carbonyl (C=O) groups excluding carboxylic acids is 1. The van der Waals surface area contributed by atoms with E-state index < -0.39 is 5.97 Å². The molecule has 112 valence electrons. The van der Waals surface area contributed by atoms with Gasteiger partial charge in [-0.1, -0.05) is 17.3 Å². The predicted molar refractivity (Wildman–Crippen MR) is 79.6 cm³/mol. The van der Waals surface area contributed by atoms with Gasteiger partial charge in [-0.3, -0.25) is 0 Å². The number of nitrogens with zero attached hydrogens (tertiary/aromatic N) is 2. The van der Waals surface area contributed by atoms with Crippen LogP contribution in [0.2, 0.25) is 0 Å². The zero-order valence-electron chi connectivity index (χ0n) is 11.6. The molecule has 0 spiro atoms. The summed E-state index contributed by atoms with van der Waals surface area (Å²) in [7, 11) is 0. The summed E-state index contributed by atoms with van der Waals surface area (Å²) in [4.78, 5) is 16.9. The highest BCUT2D eigenvalue weighted by atomic mass is 32.1. The van der Waals surface area contributed by atoms with Gasteiger partial charge in [-0.15, -0.1) is 11.3 Å². The van der Waals surface area contributed by atoms with Gasteiger partial charge in [-0.2, -0.15) is 4.98 Å². The van der Waals surface area contributed by atoms with Crippen LogP contribution in [0.25, 0.3) is 10.7 Å². The van der Waals surface area contributed by atoms with Crippen molar-refractivity contribution in [2.45, 2.75) is 13.5 Å². The quantitative estimate of drug-likeness (QED) is 0.744. The van der Waals surface area contributed by atoms with Gasteiger partial charge in [0.05, 0.1) is 10.4 Å². The van der Waals surface area contributed by atoms with Crippen LogP contribution in [0, 0.1) is 6.92 Å². The molecule has 1 N–H and O–H groups in total. The van der Waals surface area contributed by atoms with Gasteiger partial charge in [0.15, 0.2) is 6.61 Å². The molecule has 0 saturated heterocycles. The fourth-order valence-electron chi connectivity index (χ4n) is 1.77. The average molecular weight is 316 g/mol. The van der Waals surface area contributed by atoms with E-state index in [1.807, 2.05) is 17.5 Å². The van der Waals surface area contributed by atoms with Gasteiger partial charge in [0, 0.05) is 0 Å². The van der Waals surface area contributed by atoms with Gasteiger partial charge < -0.3 is 14.4 Å². The van der Waals surface area contributed by atoms with Crippen LogP contribution in [0.5, 0.6) is 5.75 Å². The Labute approximate surface area is 130 Å². The molecule has 22 heavy (non-hydrogen) atoms. The smallest absolute Gasteiger partial charge is 0.338 e. The summed E-state index contributed by atoms with van der Waals surface area (Å²) in [6, 6.07) is 8.36. The summed E-state index contributed by atoms with van der Waals surface area (Å²) in [5.74, 6) is 0.167. The molecule has 7 heteroatoms. The third-order valence-corrected chi connectivity index (χ3v) is 3.85. The number of thiophene rings is 1. The van der Waals surface area contributed by atoms with Gasteiger partial charge in [-0.25, -0.2) is 4.79 Å². The van der Waals surface area contributed by atoms with E-state index in [4.69, 9.17) is 9.26 Å². The van der Waals surface area contributed by atoms with E-state index in [1.54, 1.807) is 19.1 Å². The van der Waals surface area contributed by atoms with Gasteiger partial charge in [0.1, 0.15) is 5.75 Å². The Morgan fingerprint density at radius 2 is 2.27 bits per heavy atom. The molecule has 6 nitrogen and oxygen atoms in total. The molecule has 0 unspecified atom stereocenters. The lowest BCUT2D eigenvalue weighted by Gasteiger charge is -2.03. The van der Waals surface area contributed by atoms with Crippen LogP contribution in [-0.4, -0.2) is 21.2 Å². The number of aromatic hydroxyl groups is 1. The fourth-order valence-corrected chi connectivity index (χ4v) is 2.42. The SMILES string of the molecule is Cc1ccc(C(=O)OCc2nc(-c3cccs3)no2)cc1O. The number of hydrogen-bond acceptors (Lipinski definition) is 7. The highest BCUT2D eigenvalue weighted by Crippen LogP contribution is 2.22. The number of ether oxygens (including phenoxy) is 1. The van der Waals surface area contributed by atoms with E-state index in [2.05, 4.69) is 10.1 Å². The number of rotatable bonds is 4. The molecule has 2 aromatic heterocycles. The number of phenolic OH excluding ortho intramolecular Hbond substituents is 1. The Kier molecular flexibility index (Phi) is 3.88. The summed E-state index contributed by atoms with van der Waals surface area (Å²) in [5.41, 5.74) is 0.954. The Hall–Kier alpha value is -2.67. The number of benzene rings is 1. The van der Waals surface area contributed by atoms with Gasteiger partial charge >= 0.3 is 5.97 Å². The van der Waals surface area contributed by atoms with Crippen LogP contribution in [0.1, 0.15) is 21.8 Å². The maximum Gasteiger partial charge on any atom is 0.338 e. The molecule has 0 aliphatic carbocycles. The first kappa shape index (κ1) is 14.3. The average Bonchev–Trinajstić information content (AvgIpc) is 3.18. The van der Waals surface area contributed by atoms with Crippen LogP contribution in [0.4, 0.5) is 0 Å². The zero-order chi connectivity index (χ0) is 15.5. The fraction of sp³-hybridized carbons (Fsp3) is 0.133. The summed E-state index contributed by atoms with van der Waals surface area (Å²) in [6.45, 7) is 1.63. The van der Waals surface area contributed by atoms with Crippen LogP contribution in [0.3, 0.4) is 0 Å². The molecule has 0 bridgehead atoms. The first-order chi connectivity index (χ1) is 10.6. The Bertz CT molecular complexity index is 796. The van der Waals surface area contributed by atoms with E-state index in [1.165, 1.54) is 17.4 Å². The van der Waals surface area contributed by atoms with Crippen LogP contribution in [0.15, 0.2) is 40.2 Å². The number of phenols is 1. The first-order valence-electron chi connectivity index (χ1n) is 6.46. The first-order valence-corrected chi connectivity index (χ1v) is 7.34. The molecule has 0 aliphatic heterocycles. The van der Waals surface area contributed by atoms with Crippen molar-refractivity contribution < 1.29 is 19.2 Å². The van der Waals surface area contributed by atoms with Crippen molar-refractivity contribution in [1.82, 2.24) is 10.1 Å². The molecular formula is C15H12N2O4S. The Morgan fingerprint density at radius 1 is 1.41 bits per heavy atom. The lowest BCUT2D eigenvalue weighted by molar-refractivity contribution is 0.0429.